The largest absolute Gasteiger partial charge is 0.323 e. The molecule has 1 heterocycles. The Hall–Kier alpha value is -3.59. The summed E-state index contributed by atoms with van der Waals surface area (Å²) < 4.78 is 1.75. The number of anilines is 2. The molecular weight excluding hydrogens is 302 g/mol. The fraction of sp³-hybridized carbons (Fsp3) is 0.0556. The fourth-order valence-corrected chi connectivity index (χ4v) is 2.25. The Bertz CT molecular complexity index is 880. The van der Waals surface area contributed by atoms with Crippen LogP contribution in [0.5, 0.6) is 0 Å². The molecule has 0 aliphatic rings. The minimum absolute atomic E-state index is 0.385. The summed E-state index contributed by atoms with van der Waals surface area (Å²) in [5.74, 6) is 0. The van der Waals surface area contributed by atoms with Gasteiger partial charge in [-0.05, 0) is 23.8 Å². The van der Waals surface area contributed by atoms with Gasteiger partial charge in [0.05, 0.1) is 30.1 Å². The van der Waals surface area contributed by atoms with Crippen molar-refractivity contribution in [2.45, 2.75) is 6.54 Å². The number of rotatable bonds is 4. The van der Waals surface area contributed by atoms with Gasteiger partial charge in [-0.25, -0.2) is 4.79 Å². The molecule has 0 aliphatic carbocycles. The van der Waals surface area contributed by atoms with Gasteiger partial charge < -0.3 is 10.6 Å². The highest BCUT2D eigenvalue weighted by Gasteiger charge is 2.06. The summed E-state index contributed by atoms with van der Waals surface area (Å²) in [6.45, 7) is 0.633. The normalized spacial score (nSPS) is 9.96. The molecule has 3 aromatic rings. The van der Waals surface area contributed by atoms with Crippen molar-refractivity contribution in [1.82, 2.24) is 9.78 Å². The zero-order valence-corrected chi connectivity index (χ0v) is 12.8. The molecule has 2 N–H and O–H groups in total. The predicted octanol–water partition coefficient (Wildman–Crippen LogP) is 3.45. The molecular formula is C18H15N5O. The number of nitrogens with one attached hydrogen (secondary N) is 2. The van der Waals surface area contributed by atoms with Gasteiger partial charge >= 0.3 is 6.03 Å². The molecule has 2 aromatic carbocycles. The third kappa shape index (κ3) is 3.99. The lowest BCUT2D eigenvalue weighted by molar-refractivity contribution is 0.262. The van der Waals surface area contributed by atoms with Gasteiger partial charge in [0, 0.05) is 11.9 Å². The molecule has 0 aliphatic heterocycles. The van der Waals surface area contributed by atoms with Crippen molar-refractivity contribution in [1.29, 1.82) is 5.26 Å². The second-order valence-corrected chi connectivity index (χ2v) is 5.18. The highest BCUT2D eigenvalue weighted by atomic mass is 16.2. The monoisotopic (exact) mass is 317 g/mol. The quantitative estimate of drug-likeness (QED) is 0.773. The Morgan fingerprint density at radius 2 is 1.88 bits per heavy atom. The van der Waals surface area contributed by atoms with Gasteiger partial charge in [0.25, 0.3) is 0 Å². The minimum Gasteiger partial charge on any atom is -0.308 e. The Morgan fingerprint density at radius 1 is 1.08 bits per heavy atom. The van der Waals surface area contributed by atoms with Crippen LogP contribution in [-0.2, 0) is 6.54 Å². The van der Waals surface area contributed by atoms with Crippen LogP contribution in [0.25, 0.3) is 0 Å². The molecule has 0 saturated heterocycles. The van der Waals surface area contributed by atoms with Crippen LogP contribution in [0.2, 0.25) is 0 Å². The summed E-state index contributed by atoms with van der Waals surface area (Å²) in [5.41, 5.74) is 2.77. The number of amides is 2. The summed E-state index contributed by atoms with van der Waals surface area (Å²) >= 11 is 0. The van der Waals surface area contributed by atoms with Gasteiger partial charge in [-0.15, -0.1) is 0 Å². The number of benzene rings is 2. The molecule has 0 radical (unpaired) electrons. The maximum atomic E-state index is 12.0. The molecule has 0 bridgehead atoms. The summed E-state index contributed by atoms with van der Waals surface area (Å²) in [7, 11) is 0. The van der Waals surface area contributed by atoms with Crippen LogP contribution in [0.15, 0.2) is 67.0 Å². The Labute approximate surface area is 139 Å². The molecule has 0 fully saturated rings. The van der Waals surface area contributed by atoms with Crippen molar-refractivity contribution < 1.29 is 4.79 Å². The van der Waals surface area contributed by atoms with Crippen molar-refractivity contribution in [2.75, 3.05) is 10.6 Å². The van der Waals surface area contributed by atoms with Crippen LogP contribution in [0.1, 0.15) is 11.1 Å². The standard InChI is InChI=1S/C18H15N5O/c19-10-15-7-4-8-16(9-15)21-18(24)22-17-11-20-23(13-17)12-14-5-2-1-3-6-14/h1-9,11,13H,12H2,(H2,21,22,24). The van der Waals surface area contributed by atoms with E-state index in [2.05, 4.69) is 15.7 Å². The second-order valence-electron chi connectivity index (χ2n) is 5.18. The van der Waals surface area contributed by atoms with Crippen molar-refractivity contribution >= 4 is 17.4 Å². The number of nitrogens with zero attached hydrogens (tertiary/aromatic N) is 3. The number of nitriles is 1. The van der Waals surface area contributed by atoms with Crippen molar-refractivity contribution in [3.8, 4) is 6.07 Å². The topological polar surface area (TPSA) is 82.7 Å². The first-order valence-corrected chi connectivity index (χ1v) is 7.37. The average molecular weight is 317 g/mol. The van der Waals surface area contributed by atoms with E-state index in [0.29, 0.717) is 23.5 Å². The van der Waals surface area contributed by atoms with E-state index in [0.717, 1.165) is 5.56 Å². The number of hydrogen-bond acceptors (Lipinski definition) is 3. The van der Waals surface area contributed by atoms with E-state index in [9.17, 15) is 4.79 Å². The third-order valence-corrected chi connectivity index (χ3v) is 3.33. The number of carbonyl (C=O) groups excluding carboxylic acids is 1. The summed E-state index contributed by atoms with van der Waals surface area (Å²) in [6.07, 6.45) is 3.35. The molecule has 2 amide bonds. The summed E-state index contributed by atoms with van der Waals surface area (Å²) in [5, 5.41) is 18.5. The molecule has 0 unspecified atom stereocenters. The van der Waals surface area contributed by atoms with Crippen molar-refractivity contribution in [3.05, 3.63) is 78.1 Å². The Kier molecular flexibility index (Phi) is 4.54. The predicted molar refractivity (Wildman–Crippen MR) is 91.6 cm³/mol. The smallest absolute Gasteiger partial charge is 0.308 e. The van der Waals surface area contributed by atoms with Gasteiger partial charge in [-0.3, -0.25) is 4.68 Å². The van der Waals surface area contributed by atoms with E-state index in [1.165, 1.54) is 0 Å². The van der Waals surface area contributed by atoms with Crippen LogP contribution < -0.4 is 10.6 Å². The van der Waals surface area contributed by atoms with E-state index in [1.807, 2.05) is 36.4 Å². The van der Waals surface area contributed by atoms with E-state index in [1.54, 1.807) is 41.3 Å². The average Bonchev–Trinajstić information content (AvgIpc) is 3.02. The summed E-state index contributed by atoms with van der Waals surface area (Å²) in [6, 6.07) is 18.3. The Morgan fingerprint density at radius 3 is 2.67 bits per heavy atom. The fourth-order valence-electron chi connectivity index (χ4n) is 2.25. The third-order valence-electron chi connectivity index (χ3n) is 3.33. The lowest BCUT2D eigenvalue weighted by Gasteiger charge is -2.06. The lowest BCUT2D eigenvalue weighted by atomic mass is 10.2. The van der Waals surface area contributed by atoms with Gasteiger partial charge in [0.1, 0.15) is 0 Å². The van der Waals surface area contributed by atoms with Crippen LogP contribution in [0, 0.1) is 11.3 Å². The van der Waals surface area contributed by atoms with Crippen LogP contribution in [0.4, 0.5) is 16.2 Å². The molecule has 3 rings (SSSR count). The maximum Gasteiger partial charge on any atom is 0.323 e. The minimum atomic E-state index is -0.385. The molecule has 6 nitrogen and oxygen atoms in total. The number of hydrogen-bond donors (Lipinski definition) is 2. The molecule has 1 aromatic heterocycles. The zero-order chi connectivity index (χ0) is 16.8. The lowest BCUT2D eigenvalue weighted by Crippen LogP contribution is -2.19. The van der Waals surface area contributed by atoms with Crippen molar-refractivity contribution in [3.63, 3.8) is 0 Å². The van der Waals surface area contributed by atoms with Crippen LogP contribution in [-0.4, -0.2) is 15.8 Å². The van der Waals surface area contributed by atoms with Gasteiger partial charge in [0.15, 0.2) is 0 Å². The SMILES string of the molecule is N#Cc1cccc(NC(=O)Nc2cnn(Cc3ccccc3)c2)c1. The van der Waals surface area contributed by atoms with Gasteiger partial charge in [0.2, 0.25) is 0 Å². The molecule has 6 heteroatoms. The maximum absolute atomic E-state index is 12.0. The molecule has 24 heavy (non-hydrogen) atoms. The molecule has 118 valence electrons. The van der Waals surface area contributed by atoms with E-state index < -0.39 is 0 Å². The highest BCUT2D eigenvalue weighted by molar-refractivity contribution is 5.99. The Balaban J connectivity index is 1.60. The molecule has 0 atom stereocenters. The van der Waals surface area contributed by atoms with E-state index >= 15 is 0 Å². The number of carbonyl (C=O) groups is 1. The van der Waals surface area contributed by atoms with Crippen LogP contribution >= 0.6 is 0 Å². The van der Waals surface area contributed by atoms with Crippen LogP contribution in [0.3, 0.4) is 0 Å². The van der Waals surface area contributed by atoms with E-state index in [4.69, 9.17) is 5.26 Å². The zero-order valence-electron chi connectivity index (χ0n) is 12.8. The first-order valence-electron chi connectivity index (χ1n) is 7.37. The van der Waals surface area contributed by atoms with E-state index in [-0.39, 0.29) is 6.03 Å². The first kappa shape index (κ1) is 15.3. The first-order chi connectivity index (χ1) is 11.7. The van der Waals surface area contributed by atoms with Gasteiger partial charge in [-0.1, -0.05) is 36.4 Å². The highest BCUT2D eigenvalue weighted by Crippen LogP contribution is 2.12. The number of urea groups is 1. The van der Waals surface area contributed by atoms with Crippen molar-refractivity contribution in [2.24, 2.45) is 0 Å². The second kappa shape index (κ2) is 7.11. The molecule has 0 saturated carbocycles. The number of aromatic nitrogens is 2. The summed E-state index contributed by atoms with van der Waals surface area (Å²) in [4.78, 5) is 12.0. The molecule has 0 spiro atoms. The van der Waals surface area contributed by atoms with Gasteiger partial charge in [-0.2, -0.15) is 10.4 Å².